The van der Waals surface area contributed by atoms with Crippen LogP contribution in [0, 0.1) is 18.3 Å². The maximum atomic E-state index is 11.2. The third kappa shape index (κ3) is 6.58. The Morgan fingerprint density at radius 1 is 1.23 bits per heavy atom. The van der Waals surface area contributed by atoms with Crippen molar-refractivity contribution >= 4 is 29.5 Å². The quantitative estimate of drug-likeness (QED) is 0.570. The molecule has 2 aromatic carbocycles. The fraction of sp³-hybridized carbons (Fsp3) is 0.250. The third-order valence-electron chi connectivity index (χ3n) is 3.51. The lowest BCUT2D eigenvalue weighted by Crippen LogP contribution is -2.21. The van der Waals surface area contributed by atoms with Crippen LogP contribution in [0.1, 0.15) is 34.8 Å². The lowest BCUT2D eigenvalue weighted by atomic mass is 10.1. The Hall–Kier alpha value is -2.84. The number of anilines is 1. The molecule has 0 bridgehead atoms. The standard InChI is InChI=1S/C11H13ClN2.C9H9NO2/c1-3-6-14-10-5-4-9(7-13)11(12)8(10)2;11-7-10-6-9(12)8-4-2-1-3-5-8/h4-5,14H,3,6H2,1-2H3;1-5,7H,6H2,(H,10,11). The van der Waals surface area contributed by atoms with Gasteiger partial charge in [0.2, 0.25) is 6.41 Å². The monoisotopic (exact) mass is 371 g/mol. The van der Waals surface area contributed by atoms with E-state index in [1.807, 2.05) is 19.1 Å². The number of Topliss-reactive ketones (excluding diaryl/α,β-unsaturated/α-hetero) is 1. The van der Waals surface area contributed by atoms with E-state index < -0.39 is 0 Å². The zero-order chi connectivity index (χ0) is 19.4. The Morgan fingerprint density at radius 2 is 1.92 bits per heavy atom. The number of benzene rings is 2. The predicted octanol–water partition coefficient (Wildman–Crippen LogP) is 3.96. The maximum Gasteiger partial charge on any atom is 0.207 e. The average Bonchev–Trinajstić information content (AvgIpc) is 2.68. The van der Waals surface area contributed by atoms with Crippen molar-refractivity contribution in [1.82, 2.24) is 5.32 Å². The first-order chi connectivity index (χ1) is 12.5. The Morgan fingerprint density at radius 3 is 2.50 bits per heavy atom. The van der Waals surface area contributed by atoms with Gasteiger partial charge in [-0.3, -0.25) is 9.59 Å². The van der Waals surface area contributed by atoms with Gasteiger partial charge in [0.05, 0.1) is 17.1 Å². The van der Waals surface area contributed by atoms with Gasteiger partial charge in [-0.1, -0.05) is 48.9 Å². The molecule has 0 heterocycles. The number of hydrogen-bond acceptors (Lipinski definition) is 4. The molecule has 1 amide bonds. The van der Waals surface area contributed by atoms with Gasteiger partial charge in [-0.25, -0.2) is 0 Å². The topological polar surface area (TPSA) is 82.0 Å². The van der Waals surface area contributed by atoms with E-state index in [1.165, 1.54) is 0 Å². The van der Waals surface area contributed by atoms with Crippen LogP contribution in [-0.4, -0.2) is 25.3 Å². The summed E-state index contributed by atoms with van der Waals surface area (Å²) in [5.41, 5.74) is 3.10. The zero-order valence-electron chi connectivity index (χ0n) is 14.9. The molecule has 0 radical (unpaired) electrons. The molecular formula is C20H22ClN3O2. The number of nitrogens with zero attached hydrogens (tertiary/aromatic N) is 1. The van der Waals surface area contributed by atoms with E-state index >= 15 is 0 Å². The summed E-state index contributed by atoms with van der Waals surface area (Å²) >= 11 is 6.01. The predicted molar refractivity (Wildman–Crippen MR) is 105 cm³/mol. The first-order valence-electron chi connectivity index (χ1n) is 8.23. The molecule has 0 aromatic heterocycles. The molecule has 0 atom stereocenters. The molecule has 2 N–H and O–H groups in total. The van der Waals surface area contributed by atoms with Crippen LogP contribution in [-0.2, 0) is 4.79 Å². The minimum absolute atomic E-state index is 0.0630. The fourth-order valence-corrected chi connectivity index (χ4v) is 2.29. The zero-order valence-corrected chi connectivity index (χ0v) is 15.6. The molecule has 0 saturated heterocycles. The Kier molecular flexibility index (Phi) is 9.52. The van der Waals surface area contributed by atoms with Gasteiger partial charge in [0.25, 0.3) is 0 Å². The molecule has 0 spiro atoms. The number of amides is 1. The van der Waals surface area contributed by atoms with Crippen molar-refractivity contribution in [1.29, 1.82) is 5.26 Å². The molecule has 2 rings (SSSR count). The molecule has 0 unspecified atom stereocenters. The minimum atomic E-state index is -0.0808. The van der Waals surface area contributed by atoms with E-state index in [4.69, 9.17) is 16.9 Å². The van der Waals surface area contributed by atoms with Gasteiger partial charge in [-0.05, 0) is 31.0 Å². The van der Waals surface area contributed by atoms with E-state index in [-0.39, 0.29) is 12.3 Å². The van der Waals surface area contributed by atoms with Crippen LogP contribution in [0.4, 0.5) is 5.69 Å². The average molecular weight is 372 g/mol. The normalized spacial score (nSPS) is 9.31. The van der Waals surface area contributed by atoms with Gasteiger partial charge in [0.1, 0.15) is 6.07 Å². The summed E-state index contributed by atoms with van der Waals surface area (Å²) in [4.78, 5) is 21.1. The molecular weight excluding hydrogens is 350 g/mol. The number of ketones is 1. The van der Waals surface area contributed by atoms with Crippen molar-refractivity contribution in [2.24, 2.45) is 0 Å². The molecule has 0 aliphatic carbocycles. The highest BCUT2D eigenvalue weighted by Crippen LogP contribution is 2.26. The maximum absolute atomic E-state index is 11.2. The Balaban J connectivity index is 0.000000263. The van der Waals surface area contributed by atoms with Crippen LogP contribution >= 0.6 is 11.6 Å². The number of carbonyl (C=O) groups excluding carboxylic acids is 2. The van der Waals surface area contributed by atoms with Crippen molar-refractivity contribution < 1.29 is 9.59 Å². The van der Waals surface area contributed by atoms with Crippen LogP contribution in [0.2, 0.25) is 5.02 Å². The number of rotatable bonds is 7. The summed E-state index contributed by atoms with van der Waals surface area (Å²) in [6, 6.07) is 14.5. The van der Waals surface area contributed by atoms with Crippen molar-refractivity contribution in [3.05, 3.63) is 64.2 Å². The van der Waals surface area contributed by atoms with Crippen LogP contribution in [0.3, 0.4) is 0 Å². The van der Waals surface area contributed by atoms with E-state index in [0.717, 1.165) is 24.2 Å². The van der Waals surface area contributed by atoms with Crippen molar-refractivity contribution in [2.75, 3.05) is 18.4 Å². The van der Waals surface area contributed by atoms with Crippen molar-refractivity contribution in [3.63, 3.8) is 0 Å². The molecule has 0 fully saturated rings. The molecule has 5 nitrogen and oxygen atoms in total. The number of hydrogen-bond donors (Lipinski definition) is 2. The summed E-state index contributed by atoms with van der Waals surface area (Å²) in [7, 11) is 0. The van der Waals surface area contributed by atoms with Gasteiger partial charge in [-0.2, -0.15) is 5.26 Å². The highest BCUT2D eigenvalue weighted by atomic mass is 35.5. The van der Waals surface area contributed by atoms with E-state index in [0.29, 0.717) is 22.6 Å². The van der Waals surface area contributed by atoms with Gasteiger partial charge < -0.3 is 10.6 Å². The molecule has 136 valence electrons. The van der Waals surface area contributed by atoms with Gasteiger partial charge in [0.15, 0.2) is 5.78 Å². The largest absolute Gasteiger partial charge is 0.385 e. The minimum Gasteiger partial charge on any atom is -0.385 e. The second kappa shape index (κ2) is 11.7. The summed E-state index contributed by atoms with van der Waals surface area (Å²) in [5, 5.41) is 14.9. The summed E-state index contributed by atoms with van der Waals surface area (Å²) < 4.78 is 0. The molecule has 6 heteroatoms. The second-order valence-corrected chi connectivity index (χ2v) is 5.80. The molecule has 0 aliphatic rings. The van der Waals surface area contributed by atoms with E-state index in [2.05, 4.69) is 23.6 Å². The van der Waals surface area contributed by atoms with Gasteiger partial charge in [0, 0.05) is 17.8 Å². The molecule has 0 saturated carbocycles. The summed E-state index contributed by atoms with van der Waals surface area (Å²) in [5.74, 6) is -0.0808. The number of nitriles is 1. The van der Waals surface area contributed by atoms with Crippen LogP contribution in [0.15, 0.2) is 42.5 Å². The number of carbonyl (C=O) groups is 2. The van der Waals surface area contributed by atoms with E-state index in [1.54, 1.807) is 30.3 Å². The molecule has 26 heavy (non-hydrogen) atoms. The summed E-state index contributed by atoms with van der Waals surface area (Å²) in [6.07, 6.45) is 1.58. The lowest BCUT2D eigenvalue weighted by molar-refractivity contribution is -0.109. The van der Waals surface area contributed by atoms with Crippen molar-refractivity contribution in [3.8, 4) is 6.07 Å². The second-order valence-electron chi connectivity index (χ2n) is 5.43. The first kappa shape index (κ1) is 21.2. The highest BCUT2D eigenvalue weighted by molar-refractivity contribution is 6.32. The molecule has 0 aliphatic heterocycles. The number of nitrogens with one attached hydrogen (secondary N) is 2. The smallest absolute Gasteiger partial charge is 0.207 e. The Bertz CT molecular complexity index is 771. The van der Waals surface area contributed by atoms with Crippen LogP contribution < -0.4 is 10.6 Å². The lowest BCUT2D eigenvalue weighted by Gasteiger charge is -2.10. The first-order valence-corrected chi connectivity index (χ1v) is 8.61. The van der Waals surface area contributed by atoms with E-state index in [9.17, 15) is 9.59 Å². The number of halogens is 1. The Labute approximate surface area is 159 Å². The highest BCUT2D eigenvalue weighted by Gasteiger charge is 2.06. The SMILES string of the molecule is CCCNc1ccc(C#N)c(Cl)c1C.O=CNCC(=O)c1ccccc1. The van der Waals surface area contributed by atoms with Crippen LogP contribution in [0.25, 0.3) is 0 Å². The van der Waals surface area contributed by atoms with Crippen molar-refractivity contribution in [2.45, 2.75) is 20.3 Å². The summed E-state index contributed by atoms with van der Waals surface area (Å²) in [6.45, 7) is 5.01. The van der Waals surface area contributed by atoms with Gasteiger partial charge >= 0.3 is 0 Å². The fourth-order valence-electron chi connectivity index (χ4n) is 2.08. The molecule has 2 aromatic rings. The van der Waals surface area contributed by atoms with Crippen LogP contribution in [0.5, 0.6) is 0 Å². The van der Waals surface area contributed by atoms with Gasteiger partial charge in [-0.15, -0.1) is 0 Å². The third-order valence-corrected chi connectivity index (χ3v) is 4.00.